The van der Waals surface area contributed by atoms with Crippen LogP contribution in [0.1, 0.15) is 21.5 Å². The van der Waals surface area contributed by atoms with Gasteiger partial charge in [-0.05, 0) is 48.0 Å². The number of rotatable bonds is 4. The lowest BCUT2D eigenvalue weighted by atomic mass is 10.0. The van der Waals surface area contributed by atoms with Gasteiger partial charge in [-0.25, -0.2) is 8.78 Å². The summed E-state index contributed by atoms with van der Waals surface area (Å²) in [5.41, 5.74) is 1.02. The minimum absolute atomic E-state index is 0.0408. The van der Waals surface area contributed by atoms with E-state index in [1.165, 1.54) is 42.6 Å². The van der Waals surface area contributed by atoms with Gasteiger partial charge in [-0.2, -0.15) is 0 Å². The van der Waals surface area contributed by atoms with Crippen LogP contribution in [0, 0.1) is 11.6 Å². The molecule has 0 bridgehead atoms. The van der Waals surface area contributed by atoms with Crippen molar-refractivity contribution in [3.63, 3.8) is 0 Å². The van der Waals surface area contributed by atoms with E-state index in [1.54, 1.807) is 28.8 Å². The summed E-state index contributed by atoms with van der Waals surface area (Å²) in [5.74, 6) is -0.431. The number of benzene rings is 3. The summed E-state index contributed by atoms with van der Waals surface area (Å²) in [6.45, 7) is 0.333. The topological polar surface area (TPSA) is 57.5 Å². The van der Waals surface area contributed by atoms with E-state index in [4.69, 9.17) is 9.47 Å². The zero-order chi connectivity index (χ0) is 21.5. The first-order valence-corrected chi connectivity index (χ1v) is 9.51. The van der Waals surface area contributed by atoms with Gasteiger partial charge in [0, 0.05) is 24.4 Å². The Morgan fingerprint density at radius 3 is 2.19 bits per heavy atom. The van der Waals surface area contributed by atoms with Gasteiger partial charge in [-0.3, -0.25) is 9.59 Å². The maximum absolute atomic E-state index is 13.3. The molecule has 0 N–H and O–H groups in total. The highest BCUT2D eigenvalue weighted by Gasteiger charge is 2.22. The zero-order valence-corrected chi connectivity index (χ0v) is 16.1. The summed E-state index contributed by atoms with van der Waals surface area (Å²) in [7, 11) is 0. The second kappa shape index (κ2) is 7.36. The van der Waals surface area contributed by atoms with E-state index in [0.29, 0.717) is 28.9 Å². The Morgan fingerprint density at radius 2 is 1.52 bits per heavy atom. The molecule has 5 nitrogen and oxygen atoms in total. The van der Waals surface area contributed by atoms with Crippen molar-refractivity contribution in [1.29, 1.82) is 0 Å². The molecule has 0 saturated heterocycles. The van der Waals surface area contributed by atoms with Crippen molar-refractivity contribution in [1.82, 2.24) is 4.57 Å². The molecule has 0 amide bonds. The highest BCUT2D eigenvalue weighted by molar-refractivity contribution is 6.10. The van der Waals surface area contributed by atoms with Crippen LogP contribution in [0.5, 0.6) is 11.5 Å². The van der Waals surface area contributed by atoms with Gasteiger partial charge in [0.05, 0.1) is 16.5 Å². The summed E-state index contributed by atoms with van der Waals surface area (Å²) in [6, 6.07) is 14.2. The van der Waals surface area contributed by atoms with Gasteiger partial charge in [0.25, 0.3) is 0 Å². The van der Waals surface area contributed by atoms with Crippen molar-refractivity contribution in [3.8, 4) is 11.5 Å². The average Bonchev–Trinajstić information content (AvgIpc) is 3.24. The maximum Gasteiger partial charge on any atom is 0.231 e. The molecule has 1 aliphatic rings. The molecule has 0 saturated carbocycles. The van der Waals surface area contributed by atoms with E-state index in [1.807, 2.05) is 0 Å². The van der Waals surface area contributed by atoms with Crippen LogP contribution in [0.4, 0.5) is 8.78 Å². The normalized spacial score (nSPS) is 12.3. The molecule has 0 spiro atoms. The number of hydrogen-bond donors (Lipinski definition) is 0. The van der Waals surface area contributed by atoms with E-state index in [9.17, 15) is 18.4 Å². The lowest BCUT2D eigenvalue weighted by Crippen LogP contribution is -2.20. The highest BCUT2D eigenvalue weighted by Crippen LogP contribution is 2.35. The SMILES string of the molecule is O=C(c1ccc(F)cc1)c1cn(Cc2ccc(F)cc2)c2cc3c(cc2c1=O)OCO3. The van der Waals surface area contributed by atoms with Crippen LogP contribution < -0.4 is 14.9 Å². The number of pyridine rings is 1. The Kier molecular flexibility index (Phi) is 4.51. The predicted molar refractivity (Wildman–Crippen MR) is 110 cm³/mol. The Hall–Kier alpha value is -4.00. The smallest absolute Gasteiger partial charge is 0.231 e. The van der Waals surface area contributed by atoms with Gasteiger partial charge in [0.1, 0.15) is 11.6 Å². The van der Waals surface area contributed by atoms with Crippen molar-refractivity contribution >= 4 is 16.7 Å². The van der Waals surface area contributed by atoms with Gasteiger partial charge in [-0.1, -0.05) is 12.1 Å². The van der Waals surface area contributed by atoms with Crippen LogP contribution >= 0.6 is 0 Å². The number of fused-ring (bicyclic) bond motifs is 2. The van der Waals surface area contributed by atoms with E-state index in [2.05, 4.69) is 0 Å². The molecular weight excluding hydrogens is 404 g/mol. The second-order valence-corrected chi connectivity index (χ2v) is 7.18. The fourth-order valence-corrected chi connectivity index (χ4v) is 3.62. The van der Waals surface area contributed by atoms with Crippen LogP contribution in [0.15, 0.2) is 71.7 Å². The molecule has 154 valence electrons. The highest BCUT2D eigenvalue weighted by atomic mass is 19.1. The van der Waals surface area contributed by atoms with Gasteiger partial charge in [0.15, 0.2) is 17.3 Å². The summed E-state index contributed by atoms with van der Waals surface area (Å²) >= 11 is 0. The minimum atomic E-state index is -0.516. The van der Waals surface area contributed by atoms with Gasteiger partial charge < -0.3 is 14.0 Å². The van der Waals surface area contributed by atoms with Crippen LogP contribution in [0.3, 0.4) is 0 Å². The molecule has 0 aliphatic carbocycles. The number of halogens is 2. The fraction of sp³-hybridized carbons (Fsp3) is 0.0833. The molecular formula is C24H15F2NO4. The number of ether oxygens (including phenoxy) is 2. The van der Waals surface area contributed by atoms with Gasteiger partial charge in [0.2, 0.25) is 12.2 Å². The molecule has 0 radical (unpaired) electrons. The summed E-state index contributed by atoms with van der Waals surface area (Å²) in [4.78, 5) is 26.3. The van der Waals surface area contributed by atoms with Crippen molar-refractivity contribution < 1.29 is 23.0 Å². The van der Waals surface area contributed by atoms with E-state index in [0.717, 1.165) is 5.56 Å². The largest absolute Gasteiger partial charge is 0.454 e. The number of ketones is 1. The first kappa shape index (κ1) is 19.0. The second-order valence-electron chi connectivity index (χ2n) is 7.18. The van der Waals surface area contributed by atoms with Crippen molar-refractivity contribution in [3.05, 3.63) is 105 Å². The lowest BCUT2D eigenvalue weighted by molar-refractivity contribution is 0.103. The maximum atomic E-state index is 13.3. The molecule has 2 heterocycles. The molecule has 1 aromatic heterocycles. The molecule has 0 unspecified atom stereocenters. The number of hydrogen-bond acceptors (Lipinski definition) is 4. The summed E-state index contributed by atoms with van der Waals surface area (Å²) < 4.78 is 39.2. The lowest BCUT2D eigenvalue weighted by Gasteiger charge is -2.14. The number of carbonyl (C=O) groups is 1. The van der Waals surface area contributed by atoms with Crippen LogP contribution in [-0.4, -0.2) is 17.1 Å². The third-order valence-corrected chi connectivity index (χ3v) is 5.19. The molecule has 0 fully saturated rings. The molecule has 5 rings (SSSR count). The average molecular weight is 419 g/mol. The summed E-state index contributed by atoms with van der Waals surface area (Å²) in [6.07, 6.45) is 1.47. The molecule has 4 aromatic rings. The minimum Gasteiger partial charge on any atom is -0.454 e. The predicted octanol–water partition coefficient (Wildman–Crippen LogP) is 4.29. The van der Waals surface area contributed by atoms with E-state index < -0.39 is 17.0 Å². The third-order valence-electron chi connectivity index (χ3n) is 5.19. The molecule has 7 heteroatoms. The van der Waals surface area contributed by atoms with Crippen LogP contribution in [-0.2, 0) is 6.54 Å². The Bertz CT molecular complexity index is 1380. The van der Waals surface area contributed by atoms with Crippen LogP contribution in [0.25, 0.3) is 10.9 Å². The summed E-state index contributed by atoms with van der Waals surface area (Å²) in [5, 5.41) is 0.291. The van der Waals surface area contributed by atoms with Crippen LogP contribution in [0.2, 0.25) is 0 Å². The zero-order valence-electron chi connectivity index (χ0n) is 16.1. The Labute approximate surface area is 175 Å². The standard InChI is InChI=1S/C24H15F2NO4/c25-16-5-1-14(2-6-16)11-27-12-19(23(28)15-3-7-17(26)8-4-15)24(29)18-9-21-22(10-20(18)27)31-13-30-21/h1-10,12H,11,13H2. The molecule has 1 aliphatic heterocycles. The molecule has 3 aromatic carbocycles. The monoisotopic (exact) mass is 419 g/mol. The van der Waals surface area contributed by atoms with Gasteiger partial charge >= 0.3 is 0 Å². The Morgan fingerprint density at radius 1 is 0.903 bits per heavy atom. The van der Waals surface area contributed by atoms with Crippen molar-refractivity contribution in [2.45, 2.75) is 6.54 Å². The van der Waals surface area contributed by atoms with Crippen molar-refractivity contribution in [2.75, 3.05) is 6.79 Å². The quantitative estimate of drug-likeness (QED) is 0.463. The van der Waals surface area contributed by atoms with Crippen molar-refractivity contribution in [2.24, 2.45) is 0 Å². The number of carbonyl (C=O) groups excluding carboxylic acids is 1. The Balaban J connectivity index is 1.70. The fourth-order valence-electron chi connectivity index (χ4n) is 3.62. The van der Waals surface area contributed by atoms with E-state index in [-0.39, 0.29) is 23.7 Å². The molecule has 0 atom stereocenters. The van der Waals surface area contributed by atoms with E-state index >= 15 is 0 Å². The molecule has 31 heavy (non-hydrogen) atoms. The first-order valence-electron chi connectivity index (χ1n) is 9.51. The third kappa shape index (κ3) is 3.44. The number of aromatic nitrogens is 1. The first-order chi connectivity index (χ1) is 15.0. The number of nitrogens with zero attached hydrogens (tertiary/aromatic N) is 1. The van der Waals surface area contributed by atoms with Gasteiger partial charge in [-0.15, -0.1) is 0 Å².